The lowest BCUT2D eigenvalue weighted by molar-refractivity contribution is 0.475. The largest absolute Gasteiger partial charge is 0.508 e. The maximum Gasteiger partial charge on any atom is 0.125 e. The molecule has 4 aromatic rings. The highest BCUT2D eigenvalue weighted by molar-refractivity contribution is 7.22. The Morgan fingerprint density at radius 2 is 1.82 bits per heavy atom. The lowest BCUT2D eigenvalue weighted by Crippen LogP contribution is -1.73. The first-order valence-corrected chi connectivity index (χ1v) is 8.37. The number of thiazole rings is 1. The molecule has 2 heterocycles. The summed E-state index contributed by atoms with van der Waals surface area (Å²) in [5.74, 6) is 0.564. The number of hydrogen-bond donors (Lipinski definition) is 2. The topological polar surface area (TPSA) is 53.4 Å². The van der Waals surface area contributed by atoms with E-state index in [0.717, 1.165) is 30.9 Å². The van der Waals surface area contributed by atoms with Gasteiger partial charge in [-0.15, -0.1) is 22.7 Å². The number of thiophene rings is 1. The van der Waals surface area contributed by atoms with Crippen LogP contribution in [0.25, 0.3) is 32.5 Å². The Morgan fingerprint density at radius 1 is 1.00 bits per heavy atom. The van der Waals surface area contributed by atoms with Gasteiger partial charge in [0, 0.05) is 11.5 Å². The minimum Gasteiger partial charge on any atom is -0.508 e. The first kappa shape index (κ1) is 13.3. The molecule has 0 unspecified atom stereocenters. The van der Waals surface area contributed by atoms with Crippen LogP contribution in [0.3, 0.4) is 0 Å². The third-order valence-corrected chi connectivity index (χ3v) is 5.29. The van der Waals surface area contributed by atoms with Crippen LogP contribution in [0.4, 0.5) is 0 Å². The third kappa shape index (κ3) is 2.24. The van der Waals surface area contributed by atoms with Crippen LogP contribution in [-0.2, 0) is 0 Å². The van der Waals surface area contributed by atoms with Crippen molar-refractivity contribution in [3.63, 3.8) is 0 Å². The van der Waals surface area contributed by atoms with Crippen molar-refractivity contribution in [1.82, 2.24) is 4.98 Å². The van der Waals surface area contributed by atoms with Gasteiger partial charge >= 0.3 is 0 Å². The van der Waals surface area contributed by atoms with Crippen LogP contribution in [0.1, 0.15) is 10.6 Å². The van der Waals surface area contributed by atoms with Crippen molar-refractivity contribution < 1.29 is 10.2 Å². The summed E-state index contributed by atoms with van der Waals surface area (Å²) in [6.07, 6.45) is 3.91. The number of nitrogens with zero attached hydrogens (tertiary/aromatic N) is 1. The van der Waals surface area contributed by atoms with Gasteiger partial charge in [0.1, 0.15) is 16.5 Å². The van der Waals surface area contributed by atoms with Crippen molar-refractivity contribution >= 4 is 55.1 Å². The molecule has 3 nitrogen and oxygen atoms in total. The molecular weight excluding hydrogens is 314 g/mol. The average molecular weight is 325 g/mol. The molecule has 5 heteroatoms. The van der Waals surface area contributed by atoms with Crippen molar-refractivity contribution in [2.45, 2.75) is 0 Å². The zero-order chi connectivity index (χ0) is 15.1. The molecule has 0 fully saturated rings. The van der Waals surface area contributed by atoms with Crippen LogP contribution in [-0.4, -0.2) is 15.2 Å². The van der Waals surface area contributed by atoms with Crippen LogP contribution < -0.4 is 0 Å². The molecule has 0 bridgehead atoms. The second kappa shape index (κ2) is 5.12. The standard InChI is InChI=1S/C17H11NO2S2/c19-11-4-1-10(2-5-11)3-6-15-18-16-14(22-15)9-13(20)12-7-8-21-17(12)16/h1-9,19-20H/b6-3+. The van der Waals surface area contributed by atoms with E-state index in [-0.39, 0.29) is 5.75 Å². The number of phenols is 2. The molecule has 4 rings (SSSR count). The smallest absolute Gasteiger partial charge is 0.125 e. The minimum atomic E-state index is 0.257. The summed E-state index contributed by atoms with van der Waals surface area (Å²) in [4.78, 5) is 4.67. The van der Waals surface area contributed by atoms with Crippen LogP contribution in [0.5, 0.6) is 11.5 Å². The van der Waals surface area contributed by atoms with Crippen molar-refractivity contribution in [1.29, 1.82) is 0 Å². The Morgan fingerprint density at radius 3 is 2.64 bits per heavy atom. The molecule has 0 aliphatic rings. The molecule has 0 atom stereocenters. The van der Waals surface area contributed by atoms with Crippen molar-refractivity contribution in [3.8, 4) is 11.5 Å². The second-order valence-corrected chi connectivity index (χ2v) is 6.86. The zero-order valence-electron chi connectivity index (χ0n) is 11.4. The SMILES string of the molecule is Oc1ccc(/C=C/c2nc3c(cc(O)c4ccsc43)s2)cc1. The van der Waals surface area contributed by atoms with Crippen LogP contribution in [0.15, 0.2) is 41.8 Å². The Balaban J connectivity index is 1.78. The molecule has 108 valence electrons. The molecule has 22 heavy (non-hydrogen) atoms. The van der Waals surface area contributed by atoms with Crippen molar-refractivity contribution in [2.24, 2.45) is 0 Å². The van der Waals surface area contributed by atoms with E-state index in [1.807, 2.05) is 35.7 Å². The Labute approximate surface area is 134 Å². The summed E-state index contributed by atoms with van der Waals surface area (Å²) >= 11 is 3.14. The Bertz CT molecular complexity index is 997. The molecule has 0 spiro atoms. The fourth-order valence-electron chi connectivity index (χ4n) is 2.33. The number of benzene rings is 2. The molecular formula is C17H11NO2S2. The molecule has 2 N–H and O–H groups in total. The van der Waals surface area contributed by atoms with Crippen molar-refractivity contribution in [3.05, 3.63) is 52.3 Å². The van der Waals surface area contributed by atoms with E-state index in [4.69, 9.17) is 0 Å². The summed E-state index contributed by atoms with van der Waals surface area (Å²) in [6, 6.07) is 10.7. The van der Waals surface area contributed by atoms with Crippen molar-refractivity contribution in [2.75, 3.05) is 0 Å². The molecule has 0 aliphatic carbocycles. The molecule has 2 aromatic heterocycles. The summed E-state index contributed by atoms with van der Waals surface area (Å²) in [5.41, 5.74) is 1.94. The number of phenolic OH excluding ortho intramolecular Hbond substituents is 2. The van der Waals surface area contributed by atoms with E-state index in [2.05, 4.69) is 4.98 Å². The van der Waals surface area contributed by atoms with Crippen LogP contribution in [0.2, 0.25) is 0 Å². The summed E-state index contributed by atoms with van der Waals surface area (Å²) < 4.78 is 2.01. The number of rotatable bonds is 2. The summed E-state index contributed by atoms with van der Waals surface area (Å²) in [6.45, 7) is 0. The normalized spacial score (nSPS) is 11.8. The number of hydrogen-bond acceptors (Lipinski definition) is 5. The molecule has 0 amide bonds. The predicted molar refractivity (Wildman–Crippen MR) is 93.7 cm³/mol. The van der Waals surface area contributed by atoms with Gasteiger partial charge in [-0.25, -0.2) is 4.98 Å². The lowest BCUT2D eigenvalue weighted by atomic mass is 10.2. The molecule has 0 saturated carbocycles. The first-order valence-electron chi connectivity index (χ1n) is 6.67. The zero-order valence-corrected chi connectivity index (χ0v) is 13.0. The maximum absolute atomic E-state index is 10.0. The molecule has 2 aromatic carbocycles. The van der Waals surface area contributed by atoms with E-state index in [0.29, 0.717) is 5.75 Å². The minimum absolute atomic E-state index is 0.257. The van der Waals surface area contributed by atoms with E-state index in [1.54, 1.807) is 40.9 Å². The summed E-state index contributed by atoms with van der Waals surface area (Å²) in [7, 11) is 0. The highest BCUT2D eigenvalue weighted by Crippen LogP contribution is 2.38. The van der Waals surface area contributed by atoms with E-state index in [9.17, 15) is 10.2 Å². The Hall–Kier alpha value is -2.37. The van der Waals surface area contributed by atoms with E-state index < -0.39 is 0 Å². The van der Waals surface area contributed by atoms with Gasteiger partial charge in [-0.1, -0.05) is 18.2 Å². The number of aromatic nitrogens is 1. The molecule has 0 aliphatic heterocycles. The monoisotopic (exact) mass is 325 g/mol. The Kier molecular flexibility index (Phi) is 3.10. The quantitative estimate of drug-likeness (QED) is 0.539. The highest BCUT2D eigenvalue weighted by atomic mass is 32.1. The van der Waals surface area contributed by atoms with Gasteiger partial charge in [-0.2, -0.15) is 0 Å². The van der Waals surface area contributed by atoms with Crippen LogP contribution in [0, 0.1) is 0 Å². The highest BCUT2D eigenvalue weighted by Gasteiger charge is 2.11. The van der Waals surface area contributed by atoms with Gasteiger partial charge in [0.25, 0.3) is 0 Å². The summed E-state index contributed by atoms with van der Waals surface area (Å²) in [5, 5.41) is 23.0. The van der Waals surface area contributed by atoms with Gasteiger partial charge < -0.3 is 10.2 Å². The fourth-order valence-corrected chi connectivity index (χ4v) is 4.21. The average Bonchev–Trinajstić information content (AvgIpc) is 3.13. The van der Waals surface area contributed by atoms with Gasteiger partial charge in [0.15, 0.2) is 0 Å². The van der Waals surface area contributed by atoms with E-state index >= 15 is 0 Å². The van der Waals surface area contributed by atoms with Crippen LogP contribution >= 0.6 is 22.7 Å². The maximum atomic E-state index is 10.0. The fraction of sp³-hybridized carbons (Fsp3) is 0. The van der Waals surface area contributed by atoms with Gasteiger partial charge in [-0.3, -0.25) is 0 Å². The lowest BCUT2D eigenvalue weighted by Gasteiger charge is -1.94. The number of aromatic hydroxyl groups is 2. The van der Waals surface area contributed by atoms with E-state index in [1.165, 1.54) is 0 Å². The molecule has 0 saturated heterocycles. The van der Waals surface area contributed by atoms with Gasteiger partial charge in [0.2, 0.25) is 0 Å². The predicted octanol–water partition coefficient (Wildman–Crippen LogP) is 5.09. The van der Waals surface area contributed by atoms with Gasteiger partial charge in [-0.05, 0) is 35.2 Å². The first-order chi connectivity index (χ1) is 10.7. The number of fused-ring (bicyclic) bond motifs is 3. The molecule has 0 radical (unpaired) electrons. The van der Waals surface area contributed by atoms with Gasteiger partial charge in [0.05, 0.1) is 14.9 Å². The third-order valence-electron chi connectivity index (χ3n) is 3.41. The second-order valence-electron chi connectivity index (χ2n) is 4.88.